The third-order valence-corrected chi connectivity index (χ3v) is 3.94. The molecule has 0 bridgehead atoms. The van der Waals surface area contributed by atoms with Crippen molar-refractivity contribution in [3.05, 3.63) is 54.1 Å². The van der Waals surface area contributed by atoms with Crippen molar-refractivity contribution < 1.29 is 0 Å². The van der Waals surface area contributed by atoms with Crippen molar-refractivity contribution in [2.24, 2.45) is 7.05 Å². The van der Waals surface area contributed by atoms with Crippen LogP contribution < -0.4 is 0 Å². The lowest BCUT2D eigenvalue weighted by molar-refractivity contribution is 0.631. The van der Waals surface area contributed by atoms with Crippen molar-refractivity contribution >= 4 is 11.8 Å². The van der Waals surface area contributed by atoms with E-state index in [1.54, 1.807) is 18.0 Å². The molecule has 0 aliphatic rings. The highest BCUT2D eigenvalue weighted by Crippen LogP contribution is 2.19. The van der Waals surface area contributed by atoms with Crippen LogP contribution in [0, 0.1) is 0 Å². The highest BCUT2D eigenvalue weighted by Gasteiger charge is 2.09. The molecule has 0 fully saturated rings. The number of hydrogen-bond acceptors (Lipinski definition) is 5. The van der Waals surface area contributed by atoms with Gasteiger partial charge in [-0.3, -0.25) is 0 Å². The molecule has 2 aromatic heterocycles. The lowest BCUT2D eigenvalue weighted by Crippen LogP contribution is -2.06. The third-order valence-electron chi connectivity index (χ3n) is 2.89. The van der Waals surface area contributed by atoms with Gasteiger partial charge in [0, 0.05) is 19.4 Å². The van der Waals surface area contributed by atoms with Crippen LogP contribution in [0.25, 0.3) is 0 Å². The summed E-state index contributed by atoms with van der Waals surface area (Å²) >= 11 is 1.62. The van der Waals surface area contributed by atoms with Gasteiger partial charge in [0.15, 0.2) is 11.0 Å². The van der Waals surface area contributed by atoms with Crippen LogP contribution in [-0.2, 0) is 19.3 Å². The van der Waals surface area contributed by atoms with Gasteiger partial charge in [0.1, 0.15) is 0 Å². The number of hydrogen-bond donors (Lipinski definition) is 0. The molecule has 20 heavy (non-hydrogen) atoms. The van der Waals surface area contributed by atoms with Crippen LogP contribution in [0.5, 0.6) is 0 Å². The van der Waals surface area contributed by atoms with E-state index in [1.807, 2.05) is 40.7 Å². The van der Waals surface area contributed by atoms with Crippen molar-refractivity contribution in [2.75, 3.05) is 0 Å². The van der Waals surface area contributed by atoms with E-state index in [0.717, 1.165) is 11.0 Å². The second-order valence-electron chi connectivity index (χ2n) is 4.35. The zero-order valence-corrected chi connectivity index (χ0v) is 11.9. The highest BCUT2D eigenvalue weighted by molar-refractivity contribution is 7.98. The fourth-order valence-corrected chi connectivity index (χ4v) is 2.69. The molecule has 0 saturated heterocycles. The van der Waals surface area contributed by atoms with Crippen molar-refractivity contribution in [2.45, 2.75) is 17.5 Å². The standard InChI is InChI=1S/C13H14N6S/c1-18-8-7-14-13(18)20-10-12-15-16-17-19(12)9-11-5-3-2-4-6-11/h2-8H,9-10H2,1H3. The molecule has 0 amide bonds. The number of aryl methyl sites for hydroxylation is 1. The smallest absolute Gasteiger partial charge is 0.168 e. The maximum absolute atomic E-state index is 4.28. The fourth-order valence-electron chi connectivity index (χ4n) is 1.83. The average Bonchev–Trinajstić information content (AvgIpc) is 3.07. The van der Waals surface area contributed by atoms with E-state index in [-0.39, 0.29) is 0 Å². The third kappa shape index (κ3) is 2.88. The van der Waals surface area contributed by atoms with Gasteiger partial charge in [0.2, 0.25) is 0 Å². The Morgan fingerprint density at radius 3 is 2.80 bits per heavy atom. The van der Waals surface area contributed by atoms with Crippen molar-refractivity contribution in [1.82, 2.24) is 29.8 Å². The Balaban J connectivity index is 1.69. The molecular formula is C13H14N6S. The summed E-state index contributed by atoms with van der Waals surface area (Å²) in [6.45, 7) is 0.685. The molecule has 0 aliphatic heterocycles. The molecule has 0 spiro atoms. The predicted molar refractivity (Wildman–Crippen MR) is 76.1 cm³/mol. The lowest BCUT2D eigenvalue weighted by atomic mass is 10.2. The molecule has 3 aromatic rings. The zero-order chi connectivity index (χ0) is 13.8. The minimum absolute atomic E-state index is 0.685. The monoisotopic (exact) mass is 286 g/mol. The summed E-state index contributed by atoms with van der Waals surface area (Å²) in [7, 11) is 1.97. The van der Waals surface area contributed by atoms with E-state index in [4.69, 9.17) is 0 Å². The molecule has 0 radical (unpaired) electrons. The Morgan fingerprint density at radius 2 is 2.05 bits per heavy atom. The van der Waals surface area contributed by atoms with Crippen molar-refractivity contribution in [3.8, 4) is 0 Å². The predicted octanol–water partition coefficient (Wildman–Crippen LogP) is 1.75. The summed E-state index contributed by atoms with van der Waals surface area (Å²) in [5, 5.41) is 12.9. The SMILES string of the molecule is Cn1ccnc1SCc1nnnn1Cc1ccccc1. The Kier molecular flexibility index (Phi) is 3.78. The van der Waals surface area contributed by atoms with Gasteiger partial charge in [-0.1, -0.05) is 42.1 Å². The number of nitrogens with zero attached hydrogens (tertiary/aromatic N) is 6. The van der Waals surface area contributed by atoms with Crippen LogP contribution in [0.4, 0.5) is 0 Å². The maximum atomic E-state index is 4.28. The Hall–Kier alpha value is -2.15. The van der Waals surface area contributed by atoms with E-state index in [0.29, 0.717) is 12.3 Å². The molecule has 0 N–H and O–H groups in total. The molecular weight excluding hydrogens is 272 g/mol. The second-order valence-corrected chi connectivity index (χ2v) is 5.29. The van der Waals surface area contributed by atoms with E-state index >= 15 is 0 Å². The first-order valence-electron chi connectivity index (χ1n) is 6.22. The molecule has 0 aliphatic carbocycles. The van der Waals surface area contributed by atoms with Gasteiger partial charge in [0.05, 0.1) is 12.3 Å². The number of rotatable bonds is 5. The number of thioether (sulfide) groups is 1. The van der Waals surface area contributed by atoms with Crippen LogP contribution in [0.1, 0.15) is 11.4 Å². The molecule has 1 aromatic carbocycles. The highest BCUT2D eigenvalue weighted by atomic mass is 32.2. The normalized spacial score (nSPS) is 10.8. The van der Waals surface area contributed by atoms with Crippen LogP contribution in [0.2, 0.25) is 0 Å². The van der Waals surface area contributed by atoms with Gasteiger partial charge in [-0.2, -0.15) is 0 Å². The minimum Gasteiger partial charge on any atom is -0.329 e. The minimum atomic E-state index is 0.685. The number of tetrazole rings is 1. The summed E-state index contributed by atoms with van der Waals surface area (Å²) in [6.07, 6.45) is 3.71. The van der Waals surface area contributed by atoms with Crippen molar-refractivity contribution in [1.29, 1.82) is 0 Å². The van der Waals surface area contributed by atoms with Gasteiger partial charge >= 0.3 is 0 Å². The summed E-state index contributed by atoms with van der Waals surface area (Å²) < 4.78 is 3.81. The van der Waals surface area contributed by atoms with Gasteiger partial charge in [-0.25, -0.2) is 9.67 Å². The van der Waals surface area contributed by atoms with Gasteiger partial charge in [-0.05, 0) is 16.0 Å². The maximum Gasteiger partial charge on any atom is 0.168 e. The Labute approximate surface area is 120 Å². The van der Waals surface area contributed by atoms with Crippen LogP contribution in [-0.4, -0.2) is 29.8 Å². The zero-order valence-electron chi connectivity index (χ0n) is 11.0. The molecule has 102 valence electrons. The largest absolute Gasteiger partial charge is 0.329 e. The topological polar surface area (TPSA) is 61.4 Å². The summed E-state index contributed by atoms with van der Waals surface area (Å²) in [6, 6.07) is 10.2. The summed E-state index contributed by atoms with van der Waals surface area (Å²) in [4.78, 5) is 4.28. The molecule has 6 nitrogen and oxygen atoms in total. The first kappa shape index (κ1) is 12.9. The fraction of sp³-hybridized carbons (Fsp3) is 0.231. The molecule has 0 saturated carbocycles. The Bertz CT molecular complexity index is 675. The lowest BCUT2D eigenvalue weighted by Gasteiger charge is -2.04. The molecule has 2 heterocycles. The quantitative estimate of drug-likeness (QED) is 0.669. The van der Waals surface area contributed by atoms with Crippen LogP contribution in [0.15, 0.2) is 47.9 Å². The van der Waals surface area contributed by atoms with E-state index in [1.165, 1.54) is 5.56 Å². The number of aromatic nitrogens is 6. The van der Waals surface area contributed by atoms with Gasteiger partial charge in [0.25, 0.3) is 0 Å². The molecule has 0 unspecified atom stereocenters. The molecule has 0 atom stereocenters. The second kappa shape index (κ2) is 5.87. The van der Waals surface area contributed by atoms with E-state index in [2.05, 4.69) is 32.6 Å². The number of benzene rings is 1. The first-order chi connectivity index (χ1) is 9.83. The summed E-state index contributed by atoms with van der Waals surface area (Å²) in [5.74, 6) is 1.55. The van der Waals surface area contributed by atoms with Crippen molar-refractivity contribution in [3.63, 3.8) is 0 Å². The van der Waals surface area contributed by atoms with Gasteiger partial charge in [-0.15, -0.1) is 5.10 Å². The van der Waals surface area contributed by atoms with Gasteiger partial charge < -0.3 is 4.57 Å². The molecule has 3 rings (SSSR count). The average molecular weight is 286 g/mol. The van der Waals surface area contributed by atoms with Crippen LogP contribution in [0.3, 0.4) is 0 Å². The Morgan fingerprint density at radius 1 is 1.20 bits per heavy atom. The molecule has 7 heteroatoms. The van der Waals surface area contributed by atoms with E-state index in [9.17, 15) is 0 Å². The van der Waals surface area contributed by atoms with E-state index < -0.39 is 0 Å². The summed E-state index contributed by atoms with van der Waals surface area (Å²) in [5.41, 5.74) is 1.18. The number of imidazole rings is 1. The first-order valence-corrected chi connectivity index (χ1v) is 7.20. The van der Waals surface area contributed by atoms with Crippen LogP contribution >= 0.6 is 11.8 Å².